The van der Waals surface area contributed by atoms with E-state index in [4.69, 9.17) is 0 Å². The number of rotatable bonds is 3. The Hall–Kier alpha value is -0.940. The number of nitrogens with one attached hydrogen (secondary N) is 1. The monoisotopic (exact) mass is 314 g/mol. The van der Waals surface area contributed by atoms with E-state index in [-0.39, 0.29) is 17.5 Å². The van der Waals surface area contributed by atoms with E-state index >= 15 is 0 Å². The van der Waals surface area contributed by atoms with E-state index in [2.05, 4.69) is 21.2 Å². The average Bonchev–Trinajstić information content (AvgIpc) is 2.80. The highest BCUT2D eigenvalue weighted by molar-refractivity contribution is 9.10. The minimum atomic E-state index is -0.474. The standard InChI is InChI=1S/C13H16BrFN2O/c1-16-8-9-4-3-7-17(9)13(18)10-5-2-6-11(14)12(10)15/h2,5-6,9,16H,3-4,7-8H2,1H3. The molecule has 1 aromatic carbocycles. The van der Waals surface area contributed by atoms with Gasteiger partial charge in [0.2, 0.25) is 0 Å². The Labute approximate surface area is 114 Å². The van der Waals surface area contributed by atoms with Gasteiger partial charge in [0.1, 0.15) is 5.82 Å². The van der Waals surface area contributed by atoms with E-state index in [0.717, 1.165) is 19.4 Å². The highest BCUT2D eigenvalue weighted by Gasteiger charge is 2.30. The van der Waals surface area contributed by atoms with Crippen LogP contribution in [0.3, 0.4) is 0 Å². The van der Waals surface area contributed by atoms with Crippen molar-refractivity contribution < 1.29 is 9.18 Å². The number of carbonyl (C=O) groups is 1. The van der Waals surface area contributed by atoms with Crippen LogP contribution in [0.2, 0.25) is 0 Å². The maximum atomic E-state index is 13.9. The lowest BCUT2D eigenvalue weighted by atomic mass is 10.1. The molecule has 1 saturated heterocycles. The highest BCUT2D eigenvalue weighted by Crippen LogP contribution is 2.24. The van der Waals surface area contributed by atoms with Gasteiger partial charge in [-0.15, -0.1) is 0 Å². The highest BCUT2D eigenvalue weighted by atomic mass is 79.9. The summed E-state index contributed by atoms with van der Waals surface area (Å²) in [6, 6.07) is 4.99. The summed E-state index contributed by atoms with van der Waals surface area (Å²) >= 11 is 3.11. The van der Waals surface area contributed by atoms with Gasteiger partial charge in [-0.05, 0) is 48.0 Å². The van der Waals surface area contributed by atoms with Crippen LogP contribution in [0.4, 0.5) is 4.39 Å². The number of hydrogen-bond acceptors (Lipinski definition) is 2. The molecular weight excluding hydrogens is 299 g/mol. The Kier molecular flexibility index (Phi) is 4.35. The lowest BCUT2D eigenvalue weighted by Gasteiger charge is -2.24. The number of likely N-dealkylation sites (N-methyl/N-ethyl adjacent to an activating group) is 1. The molecule has 5 heteroatoms. The van der Waals surface area contributed by atoms with Crippen LogP contribution in [0.5, 0.6) is 0 Å². The lowest BCUT2D eigenvalue weighted by Crippen LogP contribution is -2.41. The molecule has 0 aliphatic carbocycles. The summed E-state index contributed by atoms with van der Waals surface area (Å²) in [6.45, 7) is 1.46. The van der Waals surface area contributed by atoms with Gasteiger partial charge in [0.05, 0.1) is 10.0 Å². The number of carbonyl (C=O) groups excluding carboxylic acids is 1. The van der Waals surface area contributed by atoms with Crippen molar-refractivity contribution in [2.75, 3.05) is 20.1 Å². The number of likely N-dealkylation sites (tertiary alicyclic amines) is 1. The Bertz CT molecular complexity index is 453. The predicted octanol–water partition coefficient (Wildman–Crippen LogP) is 2.41. The Morgan fingerprint density at radius 2 is 2.39 bits per heavy atom. The molecule has 0 spiro atoms. The fourth-order valence-electron chi connectivity index (χ4n) is 2.37. The van der Waals surface area contributed by atoms with Crippen LogP contribution in [0, 0.1) is 5.82 Å². The van der Waals surface area contributed by atoms with E-state index < -0.39 is 5.82 Å². The van der Waals surface area contributed by atoms with E-state index in [1.54, 1.807) is 17.0 Å². The third-order valence-electron chi connectivity index (χ3n) is 3.26. The SMILES string of the molecule is CNCC1CCCN1C(=O)c1cccc(Br)c1F. The number of amides is 1. The number of hydrogen-bond donors (Lipinski definition) is 1. The summed E-state index contributed by atoms with van der Waals surface area (Å²) in [5.41, 5.74) is 0.146. The molecular formula is C13H16BrFN2O. The largest absolute Gasteiger partial charge is 0.334 e. The zero-order valence-electron chi connectivity index (χ0n) is 10.2. The van der Waals surface area contributed by atoms with E-state index in [9.17, 15) is 9.18 Å². The molecule has 1 amide bonds. The van der Waals surface area contributed by atoms with Gasteiger partial charge in [-0.2, -0.15) is 0 Å². The summed E-state index contributed by atoms with van der Waals surface area (Å²) in [5.74, 6) is -0.691. The minimum Gasteiger partial charge on any atom is -0.334 e. The van der Waals surface area contributed by atoms with E-state index in [0.29, 0.717) is 11.0 Å². The second kappa shape index (κ2) is 5.80. The van der Waals surface area contributed by atoms with E-state index in [1.807, 2.05) is 7.05 Å². The Morgan fingerprint density at radius 1 is 1.61 bits per heavy atom. The molecule has 0 radical (unpaired) electrons. The molecule has 1 fully saturated rings. The summed E-state index contributed by atoms with van der Waals surface area (Å²) in [7, 11) is 1.86. The zero-order chi connectivity index (χ0) is 13.1. The number of benzene rings is 1. The van der Waals surface area contributed by atoms with Crippen molar-refractivity contribution in [1.29, 1.82) is 0 Å². The molecule has 2 rings (SSSR count). The summed E-state index contributed by atoms with van der Waals surface area (Å²) in [6.07, 6.45) is 1.95. The molecule has 1 atom stereocenters. The molecule has 1 aromatic rings. The topological polar surface area (TPSA) is 32.3 Å². The van der Waals surface area contributed by atoms with Gasteiger partial charge in [-0.1, -0.05) is 6.07 Å². The van der Waals surface area contributed by atoms with Crippen LogP contribution in [-0.4, -0.2) is 37.0 Å². The average molecular weight is 315 g/mol. The van der Waals surface area contributed by atoms with E-state index in [1.165, 1.54) is 6.07 Å². The summed E-state index contributed by atoms with van der Waals surface area (Å²) in [4.78, 5) is 14.1. The Morgan fingerprint density at radius 3 is 3.11 bits per heavy atom. The first-order valence-electron chi connectivity index (χ1n) is 6.04. The minimum absolute atomic E-state index is 0.146. The molecule has 1 N–H and O–H groups in total. The Balaban J connectivity index is 2.23. The van der Waals surface area contributed by atoms with Crippen molar-refractivity contribution >= 4 is 21.8 Å². The molecule has 1 aliphatic rings. The first-order valence-corrected chi connectivity index (χ1v) is 6.84. The van der Waals surface area contributed by atoms with Crippen molar-refractivity contribution in [3.63, 3.8) is 0 Å². The molecule has 3 nitrogen and oxygen atoms in total. The van der Waals surface area contributed by atoms with Crippen molar-refractivity contribution in [2.45, 2.75) is 18.9 Å². The second-order valence-electron chi connectivity index (χ2n) is 4.45. The first-order chi connectivity index (χ1) is 8.65. The second-order valence-corrected chi connectivity index (χ2v) is 5.31. The number of halogens is 2. The number of nitrogens with zero attached hydrogens (tertiary/aromatic N) is 1. The van der Waals surface area contributed by atoms with Crippen molar-refractivity contribution in [1.82, 2.24) is 10.2 Å². The smallest absolute Gasteiger partial charge is 0.257 e. The third kappa shape index (κ3) is 2.57. The molecule has 1 unspecified atom stereocenters. The lowest BCUT2D eigenvalue weighted by molar-refractivity contribution is 0.0732. The van der Waals surface area contributed by atoms with Gasteiger partial charge in [0.25, 0.3) is 5.91 Å². The van der Waals surface area contributed by atoms with Crippen molar-refractivity contribution in [2.24, 2.45) is 0 Å². The maximum absolute atomic E-state index is 13.9. The molecule has 1 aliphatic heterocycles. The third-order valence-corrected chi connectivity index (χ3v) is 3.87. The molecule has 18 heavy (non-hydrogen) atoms. The van der Waals surface area contributed by atoms with Gasteiger partial charge in [-0.3, -0.25) is 4.79 Å². The van der Waals surface area contributed by atoms with Crippen molar-refractivity contribution in [3.05, 3.63) is 34.1 Å². The van der Waals surface area contributed by atoms with Gasteiger partial charge in [0, 0.05) is 19.1 Å². The quantitative estimate of drug-likeness (QED) is 0.929. The first kappa shape index (κ1) is 13.5. The maximum Gasteiger partial charge on any atom is 0.257 e. The molecule has 0 saturated carbocycles. The van der Waals surface area contributed by atoms with Crippen LogP contribution in [0.15, 0.2) is 22.7 Å². The van der Waals surface area contributed by atoms with Crippen molar-refractivity contribution in [3.8, 4) is 0 Å². The fourth-order valence-corrected chi connectivity index (χ4v) is 2.74. The molecule has 1 heterocycles. The van der Waals surface area contributed by atoms with Crippen LogP contribution in [0.1, 0.15) is 23.2 Å². The van der Waals surface area contributed by atoms with Gasteiger partial charge >= 0.3 is 0 Å². The predicted molar refractivity (Wildman–Crippen MR) is 72.1 cm³/mol. The van der Waals surface area contributed by atoms with Gasteiger partial charge in [-0.25, -0.2) is 4.39 Å². The van der Waals surface area contributed by atoms with Crippen LogP contribution < -0.4 is 5.32 Å². The van der Waals surface area contributed by atoms with Crippen LogP contribution in [-0.2, 0) is 0 Å². The zero-order valence-corrected chi connectivity index (χ0v) is 11.8. The molecule has 0 aromatic heterocycles. The van der Waals surface area contributed by atoms with Gasteiger partial charge < -0.3 is 10.2 Å². The van der Waals surface area contributed by atoms with Gasteiger partial charge in [0.15, 0.2) is 0 Å². The van der Waals surface area contributed by atoms with Crippen LogP contribution in [0.25, 0.3) is 0 Å². The fraction of sp³-hybridized carbons (Fsp3) is 0.462. The summed E-state index contributed by atoms with van der Waals surface area (Å²) in [5, 5.41) is 3.08. The molecule has 0 bridgehead atoms. The van der Waals surface area contributed by atoms with Crippen LogP contribution >= 0.6 is 15.9 Å². The summed E-state index contributed by atoms with van der Waals surface area (Å²) < 4.78 is 14.2. The molecule has 98 valence electrons. The normalized spacial score (nSPS) is 19.3.